The van der Waals surface area contributed by atoms with Crippen LogP contribution in [0.15, 0.2) is 24.3 Å². The molecule has 0 aliphatic rings. The van der Waals surface area contributed by atoms with E-state index in [9.17, 15) is 4.39 Å². The molecular weight excluding hydrogens is 213 g/mol. The number of hydrogen-bond donors (Lipinski definition) is 1. The van der Waals surface area contributed by atoms with Crippen molar-refractivity contribution in [3.05, 3.63) is 35.6 Å². The summed E-state index contributed by atoms with van der Waals surface area (Å²) < 4.78 is 12.6. The number of halogens is 2. The fraction of sp³-hybridized carbons (Fsp3) is 0.500. The highest BCUT2D eigenvalue weighted by Crippen LogP contribution is 2.05. The molecule has 0 radical (unpaired) electrons. The molecule has 0 amide bonds. The monoisotopic (exact) mass is 229 g/mol. The van der Waals surface area contributed by atoms with E-state index in [1.807, 2.05) is 0 Å². The van der Waals surface area contributed by atoms with Gasteiger partial charge >= 0.3 is 0 Å². The lowest BCUT2D eigenvalue weighted by Crippen LogP contribution is -2.22. The van der Waals surface area contributed by atoms with E-state index < -0.39 is 0 Å². The van der Waals surface area contributed by atoms with Crippen LogP contribution in [-0.2, 0) is 6.54 Å². The van der Waals surface area contributed by atoms with Crippen LogP contribution in [0.2, 0.25) is 0 Å². The van der Waals surface area contributed by atoms with Crippen LogP contribution in [0.4, 0.5) is 4.39 Å². The Bertz CT molecular complexity index is 273. The number of benzene rings is 1. The van der Waals surface area contributed by atoms with E-state index in [1.54, 1.807) is 12.1 Å². The van der Waals surface area contributed by atoms with Crippen molar-refractivity contribution < 1.29 is 4.39 Å². The van der Waals surface area contributed by atoms with Gasteiger partial charge in [0.2, 0.25) is 0 Å². The van der Waals surface area contributed by atoms with Gasteiger partial charge in [0.05, 0.1) is 0 Å². The van der Waals surface area contributed by atoms with E-state index in [1.165, 1.54) is 12.1 Å². The maximum atomic E-state index is 12.6. The predicted molar refractivity (Wildman–Crippen MR) is 62.7 cm³/mol. The minimum Gasteiger partial charge on any atom is -0.311 e. The molecule has 0 spiro atoms. The molecule has 0 aromatic heterocycles. The molecular formula is C12H17ClFN. The second-order valence-electron chi connectivity index (χ2n) is 3.64. The first-order valence-electron chi connectivity index (χ1n) is 5.31. The Balaban J connectivity index is 2.22. The molecule has 0 bridgehead atoms. The molecule has 84 valence electrons. The number of alkyl halides is 1. The highest BCUT2D eigenvalue weighted by Gasteiger charge is 2.01. The van der Waals surface area contributed by atoms with Gasteiger partial charge in [-0.3, -0.25) is 0 Å². The first-order valence-corrected chi connectivity index (χ1v) is 5.75. The summed E-state index contributed by atoms with van der Waals surface area (Å²) in [5.74, 6) is -0.194. The van der Waals surface area contributed by atoms with Crippen LogP contribution in [0.3, 0.4) is 0 Å². The molecule has 0 saturated carbocycles. The van der Waals surface area contributed by atoms with Crippen LogP contribution in [0.5, 0.6) is 0 Å². The zero-order chi connectivity index (χ0) is 11.1. The second kappa shape index (κ2) is 6.81. The Morgan fingerprint density at radius 1 is 1.33 bits per heavy atom. The fourth-order valence-corrected chi connectivity index (χ4v) is 1.72. The predicted octanol–water partition coefficient (Wildman–Crippen LogP) is 3.32. The summed E-state index contributed by atoms with van der Waals surface area (Å²) in [7, 11) is 0. The van der Waals surface area contributed by atoms with E-state index in [4.69, 9.17) is 11.6 Å². The number of hydrogen-bond acceptors (Lipinski definition) is 1. The van der Waals surface area contributed by atoms with Gasteiger partial charge in [0.15, 0.2) is 0 Å². The average molecular weight is 230 g/mol. The molecule has 1 nitrogen and oxygen atoms in total. The summed E-state index contributed by atoms with van der Waals surface area (Å²) >= 11 is 6.05. The van der Waals surface area contributed by atoms with Crippen molar-refractivity contribution in [3.8, 4) is 0 Å². The highest BCUT2D eigenvalue weighted by molar-refractivity contribution is 6.20. The zero-order valence-electron chi connectivity index (χ0n) is 8.97. The lowest BCUT2D eigenvalue weighted by atomic mass is 10.2. The van der Waals surface area contributed by atoms with Crippen molar-refractivity contribution in [2.24, 2.45) is 0 Å². The highest BCUT2D eigenvalue weighted by atomic mass is 35.5. The van der Waals surface area contributed by atoms with Crippen LogP contribution in [0.25, 0.3) is 0 Å². The SMILES string of the molecule is CCCC(Cl)CNCc1ccc(F)cc1. The van der Waals surface area contributed by atoms with Crippen LogP contribution in [0.1, 0.15) is 25.3 Å². The molecule has 0 saturated heterocycles. The zero-order valence-corrected chi connectivity index (χ0v) is 9.73. The molecule has 0 aliphatic carbocycles. The van der Waals surface area contributed by atoms with Crippen molar-refractivity contribution in [2.45, 2.75) is 31.7 Å². The Hall–Kier alpha value is -0.600. The first kappa shape index (κ1) is 12.5. The lowest BCUT2D eigenvalue weighted by molar-refractivity contribution is 0.615. The van der Waals surface area contributed by atoms with Gasteiger partial charge in [0.1, 0.15) is 5.82 Å². The normalized spacial score (nSPS) is 12.7. The van der Waals surface area contributed by atoms with Crippen LogP contribution in [-0.4, -0.2) is 11.9 Å². The van der Waals surface area contributed by atoms with Crippen LogP contribution < -0.4 is 5.32 Å². The van der Waals surface area contributed by atoms with E-state index >= 15 is 0 Å². The summed E-state index contributed by atoms with van der Waals surface area (Å²) in [5.41, 5.74) is 1.08. The molecule has 3 heteroatoms. The van der Waals surface area contributed by atoms with Crippen molar-refractivity contribution in [2.75, 3.05) is 6.54 Å². The van der Waals surface area contributed by atoms with Gasteiger partial charge in [-0.25, -0.2) is 4.39 Å². The fourth-order valence-electron chi connectivity index (χ4n) is 1.39. The third-order valence-corrected chi connectivity index (χ3v) is 2.58. The average Bonchev–Trinajstić information content (AvgIpc) is 2.21. The van der Waals surface area contributed by atoms with Crippen LogP contribution >= 0.6 is 11.6 Å². The maximum absolute atomic E-state index is 12.6. The van der Waals surface area contributed by atoms with Gasteiger partial charge < -0.3 is 5.32 Å². The molecule has 0 aliphatic heterocycles. The van der Waals surface area contributed by atoms with Gasteiger partial charge in [0.25, 0.3) is 0 Å². The topological polar surface area (TPSA) is 12.0 Å². The molecule has 1 N–H and O–H groups in total. The lowest BCUT2D eigenvalue weighted by Gasteiger charge is -2.09. The van der Waals surface area contributed by atoms with E-state index in [2.05, 4.69) is 12.2 Å². The quantitative estimate of drug-likeness (QED) is 0.738. The van der Waals surface area contributed by atoms with Gasteiger partial charge in [-0.05, 0) is 24.1 Å². The third-order valence-electron chi connectivity index (χ3n) is 2.21. The van der Waals surface area contributed by atoms with Gasteiger partial charge in [-0.15, -0.1) is 11.6 Å². The van der Waals surface area contributed by atoms with Crippen molar-refractivity contribution >= 4 is 11.6 Å². The van der Waals surface area contributed by atoms with Gasteiger partial charge in [0, 0.05) is 18.5 Å². The summed E-state index contributed by atoms with van der Waals surface area (Å²) in [6.45, 7) is 3.66. The molecule has 0 fully saturated rings. The first-order chi connectivity index (χ1) is 7.22. The standard InChI is InChI=1S/C12H17ClFN/c1-2-3-11(13)9-15-8-10-4-6-12(14)7-5-10/h4-7,11,15H,2-3,8-9H2,1H3. The smallest absolute Gasteiger partial charge is 0.123 e. The van der Waals surface area contributed by atoms with Gasteiger partial charge in [-0.1, -0.05) is 25.5 Å². The van der Waals surface area contributed by atoms with E-state index in [0.29, 0.717) is 0 Å². The molecule has 1 aromatic carbocycles. The third kappa shape index (κ3) is 5.14. The molecule has 0 heterocycles. The summed E-state index contributed by atoms with van der Waals surface area (Å²) in [6, 6.07) is 6.51. The molecule has 1 atom stereocenters. The summed E-state index contributed by atoms with van der Waals surface area (Å²) in [5, 5.41) is 3.44. The maximum Gasteiger partial charge on any atom is 0.123 e. The Morgan fingerprint density at radius 3 is 2.60 bits per heavy atom. The minimum atomic E-state index is -0.194. The second-order valence-corrected chi connectivity index (χ2v) is 4.26. The minimum absolute atomic E-state index is 0.190. The van der Waals surface area contributed by atoms with Crippen molar-refractivity contribution in [1.29, 1.82) is 0 Å². The summed E-state index contributed by atoms with van der Waals surface area (Å²) in [4.78, 5) is 0. The van der Waals surface area contributed by atoms with Crippen molar-refractivity contribution in [1.82, 2.24) is 5.32 Å². The summed E-state index contributed by atoms with van der Waals surface area (Å²) in [6.07, 6.45) is 2.13. The Kier molecular flexibility index (Phi) is 5.66. The van der Waals surface area contributed by atoms with E-state index in [0.717, 1.165) is 31.5 Å². The Morgan fingerprint density at radius 2 is 2.00 bits per heavy atom. The largest absolute Gasteiger partial charge is 0.311 e. The molecule has 1 aromatic rings. The van der Waals surface area contributed by atoms with Gasteiger partial charge in [-0.2, -0.15) is 0 Å². The van der Waals surface area contributed by atoms with Crippen LogP contribution in [0, 0.1) is 5.82 Å². The Labute approximate surface area is 95.6 Å². The molecule has 15 heavy (non-hydrogen) atoms. The number of rotatable bonds is 6. The van der Waals surface area contributed by atoms with Crippen molar-refractivity contribution in [3.63, 3.8) is 0 Å². The van der Waals surface area contributed by atoms with E-state index in [-0.39, 0.29) is 11.2 Å². The number of nitrogens with one attached hydrogen (secondary N) is 1. The molecule has 1 unspecified atom stereocenters. The molecule has 1 rings (SSSR count).